The van der Waals surface area contributed by atoms with Crippen LogP contribution in [-0.2, 0) is 11.2 Å². The summed E-state index contributed by atoms with van der Waals surface area (Å²) < 4.78 is 0. The van der Waals surface area contributed by atoms with Crippen LogP contribution in [0.3, 0.4) is 0 Å². The predicted molar refractivity (Wildman–Crippen MR) is 70.4 cm³/mol. The first-order valence-electron chi connectivity index (χ1n) is 6.49. The Bertz CT molecular complexity index is 487. The summed E-state index contributed by atoms with van der Waals surface area (Å²) >= 11 is 0. The molecule has 0 bridgehead atoms. The fourth-order valence-electron chi connectivity index (χ4n) is 2.35. The van der Waals surface area contributed by atoms with Crippen LogP contribution in [0.25, 0.3) is 0 Å². The van der Waals surface area contributed by atoms with Gasteiger partial charge in [-0.2, -0.15) is 0 Å². The van der Waals surface area contributed by atoms with Crippen molar-refractivity contribution in [3.63, 3.8) is 0 Å². The van der Waals surface area contributed by atoms with E-state index >= 15 is 0 Å². The number of hydrogen-bond donors (Lipinski definition) is 3. The third-order valence-electron chi connectivity index (χ3n) is 3.26. The number of carbonyl (C=O) groups excluding carboxylic acids is 1. The van der Waals surface area contributed by atoms with Gasteiger partial charge < -0.3 is 10.7 Å². The lowest BCUT2D eigenvalue weighted by Gasteiger charge is -2.31. The number of hydrazine groups is 1. The van der Waals surface area contributed by atoms with Gasteiger partial charge in [-0.3, -0.25) is 15.1 Å². The lowest BCUT2D eigenvalue weighted by Crippen LogP contribution is -2.54. The van der Waals surface area contributed by atoms with E-state index in [2.05, 4.69) is 26.1 Å². The Morgan fingerprint density at radius 1 is 1.53 bits per heavy atom. The molecule has 1 atom stereocenters. The van der Waals surface area contributed by atoms with Gasteiger partial charge in [0.05, 0.1) is 12.1 Å². The number of carbonyl (C=O) groups is 1. The molecule has 3 rings (SSSR count). The van der Waals surface area contributed by atoms with E-state index in [1.807, 2.05) is 24.4 Å². The lowest BCUT2D eigenvalue weighted by atomic mass is 10.2. The van der Waals surface area contributed by atoms with Gasteiger partial charge >= 0.3 is 0 Å². The average molecular weight is 259 g/mol. The van der Waals surface area contributed by atoms with Gasteiger partial charge in [-0.1, -0.05) is 6.07 Å². The highest BCUT2D eigenvalue weighted by molar-refractivity contribution is 5.80. The van der Waals surface area contributed by atoms with E-state index < -0.39 is 0 Å². The van der Waals surface area contributed by atoms with Crippen molar-refractivity contribution in [2.45, 2.75) is 19.0 Å². The van der Waals surface area contributed by atoms with Crippen LogP contribution in [-0.4, -0.2) is 35.2 Å². The second kappa shape index (κ2) is 5.38. The minimum Gasteiger partial charge on any atom is -0.325 e. The molecule has 1 fully saturated rings. The number of pyridine rings is 1. The Morgan fingerprint density at radius 2 is 2.47 bits per heavy atom. The number of rotatable bonds is 3. The van der Waals surface area contributed by atoms with Crippen molar-refractivity contribution >= 4 is 5.91 Å². The molecule has 1 amide bonds. The van der Waals surface area contributed by atoms with Gasteiger partial charge in [-0.25, -0.2) is 5.01 Å². The maximum Gasteiger partial charge on any atom is 0.230 e. The lowest BCUT2D eigenvalue weighted by molar-refractivity contribution is -0.120. The number of fused-ring (bicyclic) bond motifs is 1. The number of nitrogens with one attached hydrogen (secondary N) is 3. The summed E-state index contributed by atoms with van der Waals surface area (Å²) in [6.07, 6.45) is 5.02. The highest BCUT2D eigenvalue weighted by Crippen LogP contribution is 2.13. The quantitative estimate of drug-likeness (QED) is 0.696. The largest absolute Gasteiger partial charge is 0.325 e. The molecule has 3 heterocycles. The third-order valence-corrected chi connectivity index (χ3v) is 3.26. The van der Waals surface area contributed by atoms with E-state index in [0.717, 1.165) is 30.9 Å². The summed E-state index contributed by atoms with van der Waals surface area (Å²) in [5.41, 5.74) is 4.81. The van der Waals surface area contributed by atoms with Crippen LogP contribution in [0.2, 0.25) is 0 Å². The molecule has 0 aliphatic carbocycles. The second-order valence-electron chi connectivity index (χ2n) is 4.68. The molecule has 1 unspecified atom stereocenters. The zero-order chi connectivity index (χ0) is 13.1. The average Bonchev–Trinajstić information content (AvgIpc) is 2.83. The summed E-state index contributed by atoms with van der Waals surface area (Å²) in [6, 6.07) is 5.58. The molecule has 6 heteroatoms. The number of aromatic nitrogens is 1. The molecule has 0 saturated carbocycles. The zero-order valence-corrected chi connectivity index (χ0v) is 10.6. The van der Waals surface area contributed by atoms with Gasteiger partial charge in [0.25, 0.3) is 0 Å². The molecule has 1 aromatic rings. The Balaban J connectivity index is 1.58. The summed E-state index contributed by atoms with van der Waals surface area (Å²) in [5, 5.41) is 8.39. The SMILES string of the molecule is O=C(Cc1ccccn1)NC1=CNN2CCCNC12. The van der Waals surface area contributed by atoms with E-state index in [0.29, 0.717) is 6.42 Å². The van der Waals surface area contributed by atoms with Crippen LogP contribution < -0.4 is 16.1 Å². The summed E-state index contributed by atoms with van der Waals surface area (Å²) in [4.78, 5) is 16.1. The van der Waals surface area contributed by atoms with Gasteiger partial charge in [-0.15, -0.1) is 0 Å². The van der Waals surface area contributed by atoms with Gasteiger partial charge in [0.2, 0.25) is 5.91 Å². The smallest absolute Gasteiger partial charge is 0.230 e. The molecular weight excluding hydrogens is 242 g/mol. The van der Waals surface area contributed by atoms with E-state index in [9.17, 15) is 4.79 Å². The van der Waals surface area contributed by atoms with Crippen molar-refractivity contribution in [2.75, 3.05) is 13.1 Å². The Hall–Kier alpha value is -1.92. The van der Waals surface area contributed by atoms with Crippen molar-refractivity contribution in [1.82, 2.24) is 26.1 Å². The molecule has 19 heavy (non-hydrogen) atoms. The van der Waals surface area contributed by atoms with Crippen molar-refractivity contribution in [2.24, 2.45) is 0 Å². The first-order valence-corrected chi connectivity index (χ1v) is 6.49. The molecule has 6 nitrogen and oxygen atoms in total. The van der Waals surface area contributed by atoms with Crippen LogP contribution in [0.15, 0.2) is 36.3 Å². The van der Waals surface area contributed by atoms with Gasteiger partial charge in [0.15, 0.2) is 0 Å². The summed E-state index contributed by atoms with van der Waals surface area (Å²) in [6.45, 7) is 1.95. The monoisotopic (exact) mass is 259 g/mol. The minimum atomic E-state index is -0.0408. The minimum absolute atomic E-state index is 0.0408. The van der Waals surface area contributed by atoms with Crippen LogP contribution in [0.1, 0.15) is 12.1 Å². The van der Waals surface area contributed by atoms with E-state index in [-0.39, 0.29) is 12.1 Å². The highest BCUT2D eigenvalue weighted by atomic mass is 16.1. The predicted octanol–water partition coefficient (Wildman–Crippen LogP) is -0.279. The van der Waals surface area contributed by atoms with Crippen LogP contribution in [0, 0.1) is 0 Å². The normalized spacial score (nSPS) is 22.3. The Labute approximate surface area is 111 Å². The first-order chi connectivity index (χ1) is 9.33. The molecule has 2 aliphatic rings. The molecule has 0 aromatic carbocycles. The van der Waals surface area contributed by atoms with Gasteiger partial charge in [-0.05, 0) is 25.1 Å². The van der Waals surface area contributed by atoms with Crippen LogP contribution >= 0.6 is 0 Å². The standard InChI is InChI=1S/C13H17N5O/c19-12(8-10-4-1-2-5-14-10)17-11-9-16-18-7-3-6-15-13(11)18/h1-2,4-5,9,13,15-16H,3,6-8H2,(H,17,19). The molecule has 3 N–H and O–H groups in total. The first kappa shape index (κ1) is 12.1. The topological polar surface area (TPSA) is 69.3 Å². The molecule has 1 aromatic heterocycles. The molecule has 0 spiro atoms. The van der Waals surface area contributed by atoms with Crippen LogP contribution in [0.4, 0.5) is 0 Å². The zero-order valence-electron chi connectivity index (χ0n) is 10.6. The third kappa shape index (κ3) is 2.74. The maximum absolute atomic E-state index is 12.0. The van der Waals surface area contributed by atoms with Crippen molar-refractivity contribution < 1.29 is 4.79 Å². The van der Waals surface area contributed by atoms with Crippen molar-refractivity contribution in [1.29, 1.82) is 0 Å². The number of amides is 1. The van der Waals surface area contributed by atoms with E-state index in [1.165, 1.54) is 0 Å². The molecule has 1 saturated heterocycles. The number of nitrogens with zero attached hydrogens (tertiary/aromatic N) is 2. The molecular formula is C13H17N5O. The maximum atomic E-state index is 12.0. The molecule has 2 aliphatic heterocycles. The molecule has 0 radical (unpaired) electrons. The Morgan fingerprint density at radius 3 is 3.32 bits per heavy atom. The second-order valence-corrected chi connectivity index (χ2v) is 4.68. The van der Waals surface area contributed by atoms with E-state index in [4.69, 9.17) is 0 Å². The fourth-order valence-corrected chi connectivity index (χ4v) is 2.35. The van der Waals surface area contributed by atoms with Crippen molar-refractivity contribution in [3.8, 4) is 0 Å². The Kier molecular flexibility index (Phi) is 3.43. The summed E-state index contributed by atoms with van der Waals surface area (Å²) in [7, 11) is 0. The van der Waals surface area contributed by atoms with Crippen LogP contribution in [0.5, 0.6) is 0 Å². The van der Waals surface area contributed by atoms with Crippen molar-refractivity contribution in [3.05, 3.63) is 42.0 Å². The number of hydrogen-bond acceptors (Lipinski definition) is 5. The summed E-state index contributed by atoms with van der Waals surface area (Å²) in [5.74, 6) is -0.0408. The van der Waals surface area contributed by atoms with Gasteiger partial charge in [0.1, 0.15) is 6.17 Å². The molecule has 100 valence electrons. The van der Waals surface area contributed by atoms with E-state index in [1.54, 1.807) is 6.20 Å². The highest BCUT2D eigenvalue weighted by Gasteiger charge is 2.30. The van der Waals surface area contributed by atoms with Gasteiger partial charge in [0, 0.05) is 24.6 Å². The fraction of sp³-hybridized carbons (Fsp3) is 0.385.